The minimum Gasteiger partial charge on any atom is -0.327 e. The summed E-state index contributed by atoms with van der Waals surface area (Å²) in [5, 5.41) is 3.00. The Morgan fingerprint density at radius 1 is 1.19 bits per heavy atom. The predicted octanol–water partition coefficient (Wildman–Crippen LogP) is 4.48. The van der Waals surface area contributed by atoms with Crippen LogP contribution in [-0.4, -0.2) is 29.9 Å². The molecule has 146 valence electrons. The molecular formula is C22H30ClN3O. The van der Waals surface area contributed by atoms with Crippen molar-refractivity contribution in [3.63, 3.8) is 0 Å². The minimum absolute atomic E-state index is 0. The Morgan fingerprint density at radius 2 is 1.89 bits per heavy atom. The van der Waals surface area contributed by atoms with Gasteiger partial charge in [0.25, 0.3) is 5.91 Å². The Hall–Kier alpha value is -1.88. The van der Waals surface area contributed by atoms with Gasteiger partial charge in [-0.2, -0.15) is 0 Å². The second kappa shape index (κ2) is 8.87. The van der Waals surface area contributed by atoms with Crippen molar-refractivity contribution < 1.29 is 4.79 Å². The highest BCUT2D eigenvalue weighted by molar-refractivity contribution is 6.04. The van der Waals surface area contributed by atoms with Gasteiger partial charge in [0.1, 0.15) is 0 Å². The first-order valence-corrected chi connectivity index (χ1v) is 9.33. The van der Waals surface area contributed by atoms with Crippen LogP contribution in [0.3, 0.4) is 0 Å². The SMILES string of the molecule is CC(c1cccc(NC(=O)c2ccccc2)c1)N1CCC(N)C(C)(C)C1.Cl. The van der Waals surface area contributed by atoms with Crippen LogP contribution in [0.2, 0.25) is 0 Å². The maximum Gasteiger partial charge on any atom is 0.255 e. The van der Waals surface area contributed by atoms with Crippen LogP contribution in [0.1, 0.15) is 49.2 Å². The van der Waals surface area contributed by atoms with E-state index in [0.29, 0.717) is 5.56 Å². The van der Waals surface area contributed by atoms with E-state index >= 15 is 0 Å². The summed E-state index contributed by atoms with van der Waals surface area (Å²) < 4.78 is 0. The zero-order valence-electron chi connectivity index (χ0n) is 16.3. The fraction of sp³-hybridized carbons (Fsp3) is 0.409. The lowest BCUT2D eigenvalue weighted by molar-refractivity contribution is 0.0664. The summed E-state index contributed by atoms with van der Waals surface area (Å²) in [6, 6.07) is 18.0. The van der Waals surface area contributed by atoms with E-state index in [1.165, 1.54) is 5.56 Å². The summed E-state index contributed by atoms with van der Waals surface area (Å²) in [6.45, 7) is 8.70. The molecule has 1 amide bonds. The number of benzene rings is 2. The summed E-state index contributed by atoms with van der Waals surface area (Å²) in [6.07, 6.45) is 1.02. The third-order valence-electron chi connectivity index (χ3n) is 5.55. The Labute approximate surface area is 168 Å². The molecule has 0 spiro atoms. The molecule has 1 aliphatic rings. The summed E-state index contributed by atoms with van der Waals surface area (Å²) in [7, 11) is 0. The molecule has 27 heavy (non-hydrogen) atoms. The number of rotatable bonds is 4. The van der Waals surface area contributed by atoms with Gasteiger partial charge in [0, 0.05) is 36.4 Å². The van der Waals surface area contributed by atoms with Gasteiger partial charge in [-0.3, -0.25) is 9.69 Å². The van der Waals surface area contributed by atoms with E-state index in [4.69, 9.17) is 5.73 Å². The number of piperidine rings is 1. The largest absolute Gasteiger partial charge is 0.327 e. The van der Waals surface area contributed by atoms with Gasteiger partial charge < -0.3 is 11.1 Å². The van der Waals surface area contributed by atoms with Gasteiger partial charge in [0.2, 0.25) is 0 Å². The summed E-state index contributed by atoms with van der Waals surface area (Å²) in [5.74, 6) is -0.0829. The normalized spacial score (nSPS) is 20.4. The predicted molar refractivity (Wildman–Crippen MR) is 114 cm³/mol. The highest BCUT2D eigenvalue weighted by atomic mass is 35.5. The van der Waals surface area contributed by atoms with Gasteiger partial charge in [-0.05, 0) is 48.6 Å². The molecule has 0 saturated carbocycles. The van der Waals surface area contributed by atoms with Crippen LogP contribution in [0.15, 0.2) is 54.6 Å². The molecule has 4 nitrogen and oxygen atoms in total. The van der Waals surface area contributed by atoms with Gasteiger partial charge in [0.15, 0.2) is 0 Å². The van der Waals surface area contributed by atoms with Crippen LogP contribution in [0, 0.1) is 5.41 Å². The van der Waals surface area contributed by atoms with E-state index in [1.807, 2.05) is 42.5 Å². The summed E-state index contributed by atoms with van der Waals surface area (Å²) >= 11 is 0. The molecule has 0 aromatic heterocycles. The molecule has 3 rings (SSSR count). The molecule has 2 atom stereocenters. The minimum atomic E-state index is -0.0829. The van der Waals surface area contributed by atoms with E-state index in [2.05, 4.69) is 43.1 Å². The second-order valence-corrected chi connectivity index (χ2v) is 7.98. The standard InChI is InChI=1S/C22H29N3O.ClH/c1-16(25-13-12-20(23)22(2,3)15-25)18-10-7-11-19(14-18)24-21(26)17-8-5-4-6-9-17;/h4-11,14,16,20H,12-13,15,23H2,1-3H3,(H,24,26);1H. The number of likely N-dealkylation sites (tertiary alicyclic amines) is 1. The molecule has 5 heteroatoms. The number of nitrogens with zero attached hydrogens (tertiary/aromatic N) is 1. The van der Waals surface area contributed by atoms with Crippen LogP contribution < -0.4 is 11.1 Å². The number of hydrogen-bond acceptors (Lipinski definition) is 3. The van der Waals surface area contributed by atoms with Gasteiger partial charge in [-0.15, -0.1) is 12.4 Å². The number of nitrogens with two attached hydrogens (primary N) is 1. The highest BCUT2D eigenvalue weighted by Crippen LogP contribution is 2.33. The second-order valence-electron chi connectivity index (χ2n) is 7.98. The van der Waals surface area contributed by atoms with Crippen LogP contribution in [-0.2, 0) is 0 Å². The molecule has 2 aromatic carbocycles. The van der Waals surface area contributed by atoms with E-state index in [1.54, 1.807) is 0 Å². The first-order chi connectivity index (χ1) is 12.4. The Bertz CT molecular complexity index is 763. The molecule has 1 aliphatic heterocycles. The van der Waals surface area contributed by atoms with Crippen molar-refractivity contribution in [2.24, 2.45) is 11.1 Å². The van der Waals surface area contributed by atoms with Gasteiger partial charge >= 0.3 is 0 Å². The van der Waals surface area contributed by atoms with E-state index in [-0.39, 0.29) is 35.8 Å². The monoisotopic (exact) mass is 387 g/mol. The molecule has 0 aliphatic carbocycles. The maximum absolute atomic E-state index is 12.4. The number of anilines is 1. The topological polar surface area (TPSA) is 58.4 Å². The quantitative estimate of drug-likeness (QED) is 0.813. The summed E-state index contributed by atoms with van der Waals surface area (Å²) in [5.41, 5.74) is 9.09. The zero-order valence-corrected chi connectivity index (χ0v) is 17.1. The number of carbonyl (C=O) groups is 1. The molecule has 1 saturated heterocycles. The smallest absolute Gasteiger partial charge is 0.255 e. The summed E-state index contributed by atoms with van der Waals surface area (Å²) in [4.78, 5) is 14.9. The highest BCUT2D eigenvalue weighted by Gasteiger charge is 2.35. The molecule has 3 N–H and O–H groups in total. The first-order valence-electron chi connectivity index (χ1n) is 9.33. The van der Waals surface area contributed by atoms with Crippen molar-refractivity contribution in [1.29, 1.82) is 0 Å². The first kappa shape index (κ1) is 21.4. The number of halogens is 1. The van der Waals surface area contributed by atoms with Crippen molar-refractivity contribution in [2.45, 2.75) is 39.3 Å². The van der Waals surface area contributed by atoms with Gasteiger partial charge in [0.05, 0.1) is 0 Å². The number of nitrogens with one attached hydrogen (secondary N) is 1. The Kier molecular flexibility index (Phi) is 7.04. The van der Waals surface area contributed by atoms with E-state index in [9.17, 15) is 4.79 Å². The third kappa shape index (κ3) is 5.10. The lowest BCUT2D eigenvalue weighted by atomic mass is 9.79. The average Bonchev–Trinajstić information content (AvgIpc) is 2.64. The van der Waals surface area contributed by atoms with Crippen LogP contribution >= 0.6 is 12.4 Å². The molecule has 2 unspecified atom stereocenters. The Balaban J connectivity index is 0.00000261. The zero-order chi connectivity index (χ0) is 18.7. The molecule has 0 radical (unpaired) electrons. The number of hydrogen-bond donors (Lipinski definition) is 2. The molecular weight excluding hydrogens is 358 g/mol. The van der Waals surface area contributed by atoms with Crippen molar-refractivity contribution in [3.05, 3.63) is 65.7 Å². The average molecular weight is 388 g/mol. The Morgan fingerprint density at radius 3 is 2.56 bits per heavy atom. The lowest BCUT2D eigenvalue weighted by Crippen LogP contribution is -2.52. The van der Waals surface area contributed by atoms with Crippen molar-refractivity contribution in [2.75, 3.05) is 18.4 Å². The fourth-order valence-corrected chi connectivity index (χ4v) is 3.63. The number of amides is 1. The van der Waals surface area contributed by atoms with E-state index < -0.39 is 0 Å². The van der Waals surface area contributed by atoms with Crippen LogP contribution in [0.5, 0.6) is 0 Å². The van der Waals surface area contributed by atoms with Crippen molar-refractivity contribution >= 4 is 24.0 Å². The van der Waals surface area contributed by atoms with Gasteiger partial charge in [-0.1, -0.05) is 44.2 Å². The van der Waals surface area contributed by atoms with Crippen molar-refractivity contribution in [3.8, 4) is 0 Å². The fourth-order valence-electron chi connectivity index (χ4n) is 3.63. The molecule has 2 aromatic rings. The number of carbonyl (C=O) groups excluding carboxylic acids is 1. The van der Waals surface area contributed by atoms with Crippen LogP contribution in [0.25, 0.3) is 0 Å². The molecule has 1 fully saturated rings. The van der Waals surface area contributed by atoms with Crippen molar-refractivity contribution in [1.82, 2.24) is 4.90 Å². The molecule has 1 heterocycles. The lowest BCUT2D eigenvalue weighted by Gasteiger charge is -2.45. The molecule has 0 bridgehead atoms. The third-order valence-corrected chi connectivity index (χ3v) is 5.55. The van der Waals surface area contributed by atoms with Crippen LogP contribution in [0.4, 0.5) is 5.69 Å². The van der Waals surface area contributed by atoms with E-state index in [0.717, 1.165) is 25.2 Å². The maximum atomic E-state index is 12.4. The van der Waals surface area contributed by atoms with Gasteiger partial charge in [-0.25, -0.2) is 0 Å².